The van der Waals surface area contributed by atoms with Gasteiger partial charge in [0, 0.05) is 63.6 Å². The summed E-state index contributed by atoms with van der Waals surface area (Å²) in [4.78, 5) is 14.8. The van der Waals surface area contributed by atoms with Gasteiger partial charge >= 0.3 is 0 Å². The molecule has 164 valence electrons. The first-order valence-corrected chi connectivity index (χ1v) is 11.5. The average Bonchev–Trinajstić information content (AvgIpc) is 2.82. The number of nitrogens with zero attached hydrogens (tertiary/aromatic N) is 4. The SMILES string of the molecule is C=C1CC(c2cccnc2N2CCN(CCOC)CC2)=Nc2cc(CC)cc(CC)c21. The predicted molar refractivity (Wildman–Crippen MR) is 130 cm³/mol. The van der Waals surface area contributed by atoms with E-state index in [-0.39, 0.29) is 0 Å². The molecule has 4 rings (SSSR count). The van der Waals surface area contributed by atoms with Gasteiger partial charge in [-0.25, -0.2) is 4.98 Å². The number of benzene rings is 1. The molecule has 0 atom stereocenters. The quantitative estimate of drug-likeness (QED) is 0.663. The van der Waals surface area contributed by atoms with Crippen LogP contribution < -0.4 is 4.90 Å². The van der Waals surface area contributed by atoms with Crippen molar-refractivity contribution in [1.82, 2.24) is 9.88 Å². The van der Waals surface area contributed by atoms with Crippen LogP contribution in [0.4, 0.5) is 11.5 Å². The number of allylic oxidation sites excluding steroid dienone is 1. The van der Waals surface area contributed by atoms with Gasteiger partial charge in [0.1, 0.15) is 5.82 Å². The molecule has 5 heteroatoms. The molecule has 2 aromatic rings. The second-order valence-electron chi connectivity index (χ2n) is 8.39. The lowest BCUT2D eigenvalue weighted by Crippen LogP contribution is -2.48. The zero-order valence-electron chi connectivity index (χ0n) is 19.2. The Balaban J connectivity index is 1.65. The normalized spacial score (nSPS) is 16.9. The number of fused-ring (bicyclic) bond motifs is 1. The molecule has 0 amide bonds. The topological polar surface area (TPSA) is 41.0 Å². The molecule has 2 aliphatic heterocycles. The zero-order chi connectivity index (χ0) is 21.8. The summed E-state index contributed by atoms with van der Waals surface area (Å²) < 4.78 is 5.23. The van der Waals surface area contributed by atoms with Crippen LogP contribution in [0.25, 0.3) is 5.57 Å². The molecule has 2 aliphatic rings. The van der Waals surface area contributed by atoms with Crippen molar-refractivity contribution in [3.05, 3.63) is 59.3 Å². The number of ether oxygens (including phenoxy) is 1. The fraction of sp³-hybridized carbons (Fsp3) is 0.462. The number of rotatable bonds is 7. The molecule has 31 heavy (non-hydrogen) atoms. The van der Waals surface area contributed by atoms with Crippen LogP contribution in [0.1, 0.15) is 42.5 Å². The molecule has 0 bridgehead atoms. The first kappa shape index (κ1) is 21.7. The van der Waals surface area contributed by atoms with Gasteiger partial charge in [-0.1, -0.05) is 26.5 Å². The van der Waals surface area contributed by atoms with E-state index in [1.54, 1.807) is 7.11 Å². The van der Waals surface area contributed by atoms with E-state index in [1.165, 1.54) is 22.3 Å². The number of piperazine rings is 1. The van der Waals surface area contributed by atoms with Crippen LogP contribution in [0, 0.1) is 0 Å². The van der Waals surface area contributed by atoms with Gasteiger partial charge in [-0.05, 0) is 47.7 Å². The van der Waals surface area contributed by atoms with Gasteiger partial charge in [-0.2, -0.15) is 0 Å². The Hall–Kier alpha value is -2.50. The Bertz CT molecular complexity index is 973. The summed E-state index contributed by atoms with van der Waals surface area (Å²) >= 11 is 0. The van der Waals surface area contributed by atoms with E-state index in [4.69, 9.17) is 14.7 Å². The lowest BCUT2D eigenvalue weighted by molar-refractivity contribution is 0.144. The number of pyridine rings is 1. The van der Waals surface area contributed by atoms with Gasteiger partial charge in [0.2, 0.25) is 0 Å². The van der Waals surface area contributed by atoms with Crippen LogP contribution in [0.3, 0.4) is 0 Å². The highest BCUT2D eigenvalue weighted by Gasteiger charge is 2.25. The van der Waals surface area contributed by atoms with Crippen LogP contribution >= 0.6 is 0 Å². The standard InChI is InChI=1S/C26H34N4O/c1-5-20-17-21(6-2)25-19(3)16-23(28-24(25)18-20)22-8-7-9-27-26(22)30-12-10-29(11-13-30)14-15-31-4/h7-9,17-18H,3,5-6,10-16H2,1-2,4H3. The van der Waals surface area contributed by atoms with Crippen molar-refractivity contribution in [1.29, 1.82) is 0 Å². The van der Waals surface area contributed by atoms with Crippen LogP contribution in [0.5, 0.6) is 0 Å². The summed E-state index contributed by atoms with van der Waals surface area (Å²) in [5.41, 5.74) is 8.41. The summed E-state index contributed by atoms with van der Waals surface area (Å²) in [6.07, 6.45) is 4.69. The maximum absolute atomic E-state index is 5.23. The van der Waals surface area contributed by atoms with Crippen molar-refractivity contribution in [2.75, 3.05) is 51.3 Å². The largest absolute Gasteiger partial charge is 0.383 e. The third-order valence-corrected chi connectivity index (χ3v) is 6.42. The summed E-state index contributed by atoms with van der Waals surface area (Å²) in [6, 6.07) is 8.75. The summed E-state index contributed by atoms with van der Waals surface area (Å²) in [7, 11) is 1.76. The Morgan fingerprint density at radius 2 is 1.90 bits per heavy atom. The van der Waals surface area contributed by atoms with E-state index in [1.807, 2.05) is 12.3 Å². The first-order valence-electron chi connectivity index (χ1n) is 11.5. The minimum atomic E-state index is 0.776. The van der Waals surface area contributed by atoms with Gasteiger partial charge in [0.25, 0.3) is 0 Å². The van der Waals surface area contributed by atoms with E-state index in [2.05, 4.69) is 48.4 Å². The van der Waals surface area contributed by atoms with Crippen molar-refractivity contribution in [3.63, 3.8) is 0 Å². The number of methoxy groups -OCH3 is 1. The highest BCUT2D eigenvalue weighted by atomic mass is 16.5. The number of anilines is 1. The van der Waals surface area contributed by atoms with E-state index in [0.717, 1.165) is 81.4 Å². The Morgan fingerprint density at radius 1 is 1.10 bits per heavy atom. The van der Waals surface area contributed by atoms with Crippen LogP contribution in [-0.2, 0) is 17.6 Å². The number of hydrogen-bond donors (Lipinski definition) is 0. The lowest BCUT2D eigenvalue weighted by atomic mass is 9.88. The second kappa shape index (κ2) is 9.75. The molecule has 1 fully saturated rings. The molecule has 0 spiro atoms. The number of aliphatic imine (C=N–C) groups is 1. The fourth-order valence-corrected chi connectivity index (χ4v) is 4.64. The first-order chi connectivity index (χ1) is 15.1. The van der Waals surface area contributed by atoms with Gasteiger partial charge in [-0.15, -0.1) is 0 Å². The lowest BCUT2D eigenvalue weighted by Gasteiger charge is -2.36. The Morgan fingerprint density at radius 3 is 2.61 bits per heavy atom. The van der Waals surface area contributed by atoms with Gasteiger partial charge in [0.15, 0.2) is 0 Å². The highest BCUT2D eigenvalue weighted by Crippen LogP contribution is 2.39. The minimum Gasteiger partial charge on any atom is -0.383 e. The molecule has 1 aromatic carbocycles. The molecule has 0 N–H and O–H groups in total. The minimum absolute atomic E-state index is 0.776. The third-order valence-electron chi connectivity index (χ3n) is 6.42. The molecule has 5 nitrogen and oxygen atoms in total. The smallest absolute Gasteiger partial charge is 0.137 e. The molecule has 3 heterocycles. The molecule has 0 radical (unpaired) electrons. The second-order valence-corrected chi connectivity index (χ2v) is 8.39. The molecule has 0 unspecified atom stereocenters. The van der Waals surface area contributed by atoms with Gasteiger partial charge < -0.3 is 9.64 Å². The molecular weight excluding hydrogens is 384 g/mol. The maximum atomic E-state index is 5.23. The van der Waals surface area contributed by atoms with Crippen molar-refractivity contribution < 1.29 is 4.74 Å². The highest BCUT2D eigenvalue weighted by molar-refractivity contribution is 6.13. The van der Waals surface area contributed by atoms with E-state index < -0.39 is 0 Å². The summed E-state index contributed by atoms with van der Waals surface area (Å²) in [6.45, 7) is 14.6. The summed E-state index contributed by atoms with van der Waals surface area (Å²) in [5.74, 6) is 1.05. The molecular formula is C26H34N4O. The van der Waals surface area contributed by atoms with Gasteiger partial charge in [0.05, 0.1) is 18.0 Å². The van der Waals surface area contributed by atoms with Crippen molar-refractivity contribution in [3.8, 4) is 0 Å². The van der Waals surface area contributed by atoms with Crippen molar-refractivity contribution in [2.45, 2.75) is 33.1 Å². The summed E-state index contributed by atoms with van der Waals surface area (Å²) in [5, 5.41) is 0. The number of hydrogen-bond acceptors (Lipinski definition) is 5. The van der Waals surface area contributed by atoms with Crippen LogP contribution in [0.15, 0.2) is 42.0 Å². The monoisotopic (exact) mass is 418 g/mol. The maximum Gasteiger partial charge on any atom is 0.137 e. The number of aryl methyl sites for hydroxylation is 2. The number of aromatic nitrogens is 1. The van der Waals surface area contributed by atoms with E-state index in [0.29, 0.717) is 0 Å². The molecule has 1 saturated heterocycles. The Kier molecular flexibility index (Phi) is 6.83. The zero-order valence-corrected chi connectivity index (χ0v) is 19.2. The molecule has 1 aromatic heterocycles. The van der Waals surface area contributed by atoms with Crippen LogP contribution in [-0.4, -0.2) is 62.0 Å². The predicted octanol–water partition coefficient (Wildman–Crippen LogP) is 4.51. The van der Waals surface area contributed by atoms with Crippen molar-refractivity contribution >= 4 is 22.8 Å². The molecule has 0 aliphatic carbocycles. The fourth-order valence-electron chi connectivity index (χ4n) is 4.64. The van der Waals surface area contributed by atoms with E-state index >= 15 is 0 Å². The third kappa shape index (κ3) is 4.58. The van der Waals surface area contributed by atoms with Crippen LogP contribution in [0.2, 0.25) is 0 Å². The average molecular weight is 419 g/mol. The van der Waals surface area contributed by atoms with Crippen molar-refractivity contribution in [2.24, 2.45) is 4.99 Å². The Labute approximate surface area is 186 Å². The molecule has 0 saturated carbocycles. The van der Waals surface area contributed by atoms with Gasteiger partial charge in [-0.3, -0.25) is 9.89 Å². The van der Waals surface area contributed by atoms with E-state index in [9.17, 15) is 0 Å².